The van der Waals surface area contributed by atoms with Crippen molar-refractivity contribution in [3.05, 3.63) is 64.0 Å². The molecule has 4 aromatic rings. The van der Waals surface area contributed by atoms with Gasteiger partial charge in [0.2, 0.25) is 5.82 Å². The van der Waals surface area contributed by atoms with E-state index in [2.05, 4.69) is 14.7 Å². The first-order valence-corrected chi connectivity index (χ1v) is 14.0. The van der Waals surface area contributed by atoms with Crippen molar-refractivity contribution in [1.29, 1.82) is 0 Å². The number of nitrogens with one attached hydrogen (secondary N) is 1. The van der Waals surface area contributed by atoms with E-state index in [4.69, 9.17) is 25.8 Å². The summed E-state index contributed by atoms with van der Waals surface area (Å²) in [6.45, 7) is 2.98. The van der Waals surface area contributed by atoms with Gasteiger partial charge in [-0.15, -0.1) is 11.3 Å². The molecule has 1 N–H and O–H groups in total. The molecule has 2 aromatic carbocycles. The van der Waals surface area contributed by atoms with Gasteiger partial charge >= 0.3 is 0 Å². The van der Waals surface area contributed by atoms with Gasteiger partial charge in [-0.25, -0.2) is 13.4 Å². The Labute approximate surface area is 225 Å². The number of nitrogens with zero attached hydrogens (tertiary/aromatic N) is 3. The molecule has 0 fully saturated rings. The van der Waals surface area contributed by atoms with Gasteiger partial charge in [0.15, 0.2) is 11.5 Å². The van der Waals surface area contributed by atoms with Crippen LogP contribution in [0.1, 0.15) is 11.1 Å². The Balaban J connectivity index is 1.60. The molecule has 0 radical (unpaired) electrons. The maximum atomic E-state index is 13.2. The lowest BCUT2D eigenvalue weighted by atomic mass is 10.2. The van der Waals surface area contributed by atoms with Crippen LogP contribution in [0.3, 0.4) is 0 Å². The molecule has 0 unspecified atom stereocenters. The minimum atomic E-state index is -4.01. The van der Waals surface area contributed by atoms with Gasteiger partial charge in [0.25, 0.3) is 15.9 Å². The second-order valence-electron chi connectivity index (χ2n) is 8.38. The maximum Gasteiger partial charge on any atom is 0.263 e. The average molecular weight is 563 g/mol. The van der Waals surface area contributed by atoms with Gasteiger partial charge in [0, 0.05) is 11.6 Å². The molecular weight excluding hydrogens is 536 g/mol. The number of hydrogen-bond acceptors (Lipinski definition) is 9. The highest BCUT2D eigenvalue weighted by molar-refractivity contribution is 7.92. The Kier molecular flexibility index (Phi) is 8.38. The predicted octanol–water partition coefficient (Wildman–Crippen LogP) is 4.98. The zero-order chi connectivity index (χ0) is 26.6. The van der Waals surface area contributed by atoms with Crippen LogP contribution in [0.4, 0.5) is 5.82 Å². The number of ether oxygens (including phenoxy) is 3. The normalized spacial score (nSPS) is 11.6. The van der Waals surface area contributed by atoms with Crippen molar-refractivity contribution >= 4 is 49.1 Å². The van der Waals surface area contributed by atoms with E-state index >= 15 is 0 Å². The summed E-state index contributed by atoms with van der Waals surface area (Å²) in [5.74, 6) is 1.24. The fraction of sp³-hybridized carbons (Fsp3) is 0.280. The van der Waals surface area contributed by atoms with Gasteiger partial charge in [-0.1, -0.05) is 23.7 Å². The molecule has 0 aliphatic rings. The lowest BCUT2D eigenvalue weighted by Gasteiger charge is -2.16. The molecule has 0 atom stereocenters. The number of fused-ring (bicyclic) bond motifs is 1. The summed E-state index contributed by atoms with van der Waals surface area (Å²) in [6.07, 6.45) is 0. The Bertz CT molecular complexity index is 1510. The van der Waals surface area contributed by atoms with Crippen LogP contribution in [0.25, 0.3) is 10.3 Å². The van der Waals surface area contributed by atoms with E-state index in [-0.39, 0.29) is 23.2 Å². The van der Waals surface area contributed by atoms with Crippen molar-refractivity contribution in [2.45, 2.75) is 18.4 Å². The zero-order valence-electron chi connectivity index (χ0n) is 20.8. The number of halogens is 1. The average Bonchev–Trinajstić information content (AvgIpc) is 3.31. The molecule has 196 valence electrons. The van der Waals surface area contributed by atoms with Crippen LogP contribution in [-0.2, 0) is 16.6 Å². The Morgan fingerprint density at radius 3 is 2.65 bits per heavy atom. The van der Waals surface area contributed by atoms with Crippen molar-refractivity contribution in [3.8, 4) is 17.4 Å². The van der Waals surface area contributed by atoms with Gasteiger partial charge in [-0.3, -0.25) is 4.72 Å². The number of benzene rings is 2. The second kappa shape index (κ2) is 11.5. The standard InChI is InChI=1S/C25H27ClN4O5S2/c1-16-18(26)6-5-7-22(16)37(31,32)29-23-24(28-25-19(27-23)10-13-36-25)35-15-17-8-9-20(33-4)21(14-17)34-12-11-30(2)3/h5-10,13-14H,11-12,15H2,1-4H3,(H,27,29). The maximum absolute atomic E-state index is 13.2. The van der Waals surface area contributed by atoms with Crippen molar-refractivity contribution < 1.29 is 22.6 Å². The first kappa shape index (κ1) is 26.9. The lowest BCUT2D eigenvalue weighted by Crippen LogP contribution is -2.19. The van der Waals surface area contributed by atoms with E-state index in [1.807, 2.05) is 36.5 Å². The van der Waals surface area contributed by atoms with Crippen molar-refractivity contribution in [2.75, 3.05) is 39.1 Å². The Hall–Kier alpha value is -3.12. The first-order valence-electron chi connectivity index (χ1n) is 11.3. The van der Waals surface area contributed by atoms with Crippen LogP contribution < -0.4 is 18.9 Å². The first-order chi connectivity index (χ1) is 17.7. The zero-order valence-corrected chi connectivity index (χ0v) is 23.2. The van der Waals surface area contributed by atoms with Crippen molar-refractivity contribution in [2.24, 2.45) is 0 Å². The summed E-state index contributed by atoms with van der Waals surface area (Å²) < 4.78 is 46.2. The summed E-state index contributed by atoms with van der Waals surface area (Å²) in [4.78, 5) is 11.7. The van der Waals surface area contributed by atoms with Crippen LogP contribution in [0.15, 0.2) is 52.7 Å². The number of anilines is 1. The number of likely N-dealkylation sites (N-methyl/N-ethyl adjacent to an activating group) is 1. The van der Waals surface area contributed by atoms with Crippen LogP contribution >= 0.6 is 22.9 Å². The predicted molar refractivity (Wildman–Crippen MR) is 146 cm³/mol. The topological polar surface area (TPSA) is 103 Å². The minimum Gasteiger partial charge on any atom is -0.493 e. The molecule has 9 nitrogen and oxygen atoms in total. The molecule has 4 rings (SSSR count). The number of thiophene rings is 1. The molecule has 0 saturated heterocycles. The molecule has 0 saturated carbocycles. The highest BCUT2D eigenvalue weighted by Crippen LogP contribution is 2.32. The fourth-order valence-corrected chi connectivity index (χ4v) is 5.61. The Morgan fingerprint density at radius 1 is 1.08 bits per heavy atom. The number of rotatable bonds is 11. The number of aromatic nitrogens is 2. The smallest absolute Gasteiger partial charge is 0.263 e. The molecule has 0 spiro atoms. The third kappa shape index (κ3) is 6.42. The van der Waals surface area contributed by atoms with Crippen LogP contribution in [-0.4, -0.2) is 57.6 Å². The van der Waals surface area contributed by atoms with Crippen molar-refractivity contribution in [3.63, 3.8) is 0 Å². The molecule has 0 aliphatic carbocycles. The van der Waals surface area contributed by atoms with E-state index in [1.54, 1.807) is 38.3 Å². The third-order valence-electron chi connectivity index (χ3n) is 5.40. The van der Waals surface area contributed by atoms with Gasteiger partial charge in [-0.05, 0) is 67.9 Å². The summed E-state index contributed by atoms with van der Waals surface area (Å²) in [5.41, 5.74) is 1.77. The van der Waals surface area contributed by atoms with E-state index in [9.17, 15) is 8.42 Å². The van der Waals surface area contributed by atoms with Crippen LogP contribution in [0.5, 0.6) is 17.4 Å². The van der Waals surface area contributed by atoms with Gasteiger partial charge in [-0.2, -0.15) is 4.98 Å². The molecule has 0 amide bonds. The summed E-state index contributed by atoms with van der Waals surface area (Å²) >= 11 is 7.53. The highest BCUT2D eigenvalue weighted by atomic mass is 35.5. The number of methoxy groups -OCH3 is 1. The molecule has 37 heavy (non-hydrogen) atoms. The SMILES string of the molecule is COc1ccc(COc2nc3sccc3nc2NS(=O)(=O)c2cccc(Cl)c2C)cc1OCCN(C)C. The molecule has 0 aliphatic heterocycles. The number of hydrogen-bond donors (Lipinski definition) is 1. The minimum absolute atomic E-state index is 0.0127. The summed E-state index contributed by atoms with van der Waals surface area (Å²) in [5, 5.41) is 2.18. The quantitative estimate of drug-likeness (QED) is 0.273. The number of sulfonamides is 1. The van der Waals surface area contributed by atoms with E-state index in [0.717, 1.165) is 12.1 Å². The molecule has 12 heteroatoms. The van der Waals surface area contributed by atoms with E-state index in [0.29, 0.717) is 39.0 Å². The highest BCUT2D eigenvalue weighted by Gasteiger charge is 2.23. The third-order valence-corrected chi connectivity index (χ3v) is 8.09. The molecule has 2 heterocycles. The van der Waals surface area contributed by atoms with Crippen molar-refractivity contribution in [1.82, 2.24) is 14.9 Å². The van der Waals surface area contributed by atoms with Crippen LogP contribution in [0, 0.1) is 6.92 Å². The second-order valence-corrected chi connectivity index (χ2v) is 11.3. The summed E-state index contributed by atoms with van der Waals surface area (Å²) in [6, 6.07) is 11.9. The molecule has 0 bridgehead atoms. The molecule has 2 aromatic heterocycles. The van der Waals surface area contributed by atoms with E-state index < -0.39 is 10.0 Å². The fourth-order valence-electron chi connectivity index (χ4n) is 3.42. The monoisotopic (exact) mass is 562 g/mol. The van der Waals surface area contributed by atoms with E-state index in [1.165, 1.54) is 17.4 Å². The summed E-state index contributed by atoms with van der Waals surface area (Å²) in [7, 11) is 1.50. The van der Waals surface area contributed by atoms with Gasteiger partial charge in [0.05, 0.1) is 12.0 Å². The van der Waals surface area contributed by atoms with Gasteiger partial charge < -0.3 is 19.1 Å². The largest absolute Gasteiger partial charge is 0.493 e. The lowest BCUT2D eigenvalue weighted by molar-refractivity contribution is 0.249. The van der Waals surface area contributed by atoms with Gasteiger partial charge in [0.1, 0.15) is 23.6 Å². The molecular formula is C25H27ClN4O5S2. The van der Waals surface area contributed by atoms with Crippen LogP contribution in [0.2, 0.25) is 5.02 Å². The Morgan fingerprint density at radius 2 is 1.89 bits per heavy atom.